The van der Waals surface area contributed by atoms with E-state index in [1.165, 1.54) is 43.1 Å². The first-order chi connectivity index (χ1) is 10.4. The average molecular weight is 266 g/mol. The van der Waals surface area contributed by atoms with E-state index in [9.17, 15) is 0 Å². The standard InChI is InChI=1S/C20H10O/c1-3-11-7-8-12-9-10-16-20-18(12)17(11)13(4-1)14-5-2-6-15(21-16)19(14)20/h1-10H. The highest BCUT2D eigenvalue weighted by molar-refractivity contribution is 6.39. The largest absolute Gasteiger partial charge is 0.456 e. The summed E-state index contributed by atoms with van der Waals surface area (Å²) in [5.41, 5.74) is 1.98. The minimum absolute atomic E-state index is 0.988. The van der Waals surface area contributed by atoms with E-state index in [2.05, 4.69) is 60.7 Å². The molecule has 0 bridgehead atoms. The van der Waals surface area contributed by atoms with Gasteiger partial charge in [0.1, 0.15) is 11.2 Å². The lowest BCUT2D eigenvalue weighted by Crippen LogP contribution is -1.85. The summed E-state index contributed by atoms with van der Waals surface area (Å²) >= 11 is 0. The monoisotopic (exact) mass is 266 g/mol. The van der Waals surface area contributed by atoms with Crippen LogP contribution in [0.1, 0.15) is 0 Å². The van der Waals surface area contributed by atoms with Crippen LogP contribution < -0.4 is 0 Å². The molecule has 5 aromatic carbocycles. The van der Waals surface area contributed by atoms with E-state index in [0.717, 1.165) is 11.2 Å². The Balaban J connectivity index is 2.23. The molecule has 0 unspecified atom stereocenters. The molecule has 0 amide bonds. The van der Waals surface area contributed by atoms with Crippen LogP contribution in [0, 0.1) is 0 Å². The van der Waals surface area contributed by atoms with Gasteiger partial charge in [-0.25, -0.2) is 0 Å². The summed E-state index contributed by atoms with van der Waals surface area (Å²) < 4.78 is 6.08. The second kappa shape index (κ2) is 3.09. The van der Waals surface area contributed by atoms with Crippen molar-refractivity contribution in [3.8, 4) is 0 Å². The molecule has 0 atom stereocenters. The maximum absolute atomic E-state index is 6.08. The Kier molecular flexibility index (Phi) is 1.47. The Morgan fingerprint density at radius 3 is 2.05 bits per heavy atom. The molecule has 0 saturated carbocycles. The van der Waals surface area contributed by atoms with E-state index in [-0.39, 0.29) is 0 Å². The molecule has 21 heavy (non-hydrogen) atoms. The lowest BCUT2D eigenvalue weighted by atomic mass is 9.89. The minimum Gasteiger partial charge on any atom is -0.456 e. The first kappa shape index (κ1) is 10.0. The van der Waals surface area contributed by atoms with Gasteiger partial charge in [0.25, 0.3) is 0 Å². The molecular weight excluding hydrogens is 256 g/mol. The molecule has 1 nitrogen and oxygen atoms in total. The van der Waals surface area contributed by atoms with Crippen molar-refractivity contribution in [1.29, 1.82) is 0 Å². The first-order valence-electron chi connectivity index (χ1n) is 7.22. The van der Waals surface area contributed by atoms with E-state index in [4.69, 9.17) is 4.42 Å². The van der Waals surface area contributed by atoms with E-state index < -0.39 is 0 Å². The molecule has 1 heterocycles. The molecule has 6 aromatic rings. The van der Waals surface area contributed by atoms with Crippen LogP contribution in [0.3, 0.4) is 0 Å². The number of benzene rings is 5. The molecule has 6 rings (SSSR count). The molecule has 1 aromatic heterocycles. The number of rotatable bonds is 0. The zero-order valence-corrected chi connectivity index (χ0v) is 11.2. The first-order valence-corrected chi connectivity index (χ1v) is 7.22. The van der Waals surface area contributed by atoms with Crippen LogP contribution in [0.5, 0.6) is 0 Å². The predicted octanol–water partition coefficient (Wildman–Crippen LogP) is 5.92. The summed E-state index contributed by atoms with van der Waals surface area (Å²) in [6.07, 6.45) is 0. The Morgan fingerprint density at radius 1 is 0.476 bits per heavy atom. The Morgan fingerprint density at radius 2 is 1.14 bits per heavy atom. The van der Waals surface area contributed by atoms with Gasteiger partial charge in [0.05, 0.1) is 0 Å². The second-order valence-corrected chi connectivity index (χ2v) is 5.79. The second-order valence-electron chi connectivity index (χ2n) is 5.79. The summed E-state index contributed by atoms with van der Waals surface area (Å²) in [4.78, 5) is 0. The van der Waals surface area contributed by atoms with Crippen LogP contribution in [-0.4, -0.2) is 0 Å². The fourth-order valence-corrected chi connectivity index (χ4v) is 3.95. The zero-order chi connectivity index (χ0) is 13.6. The van der Waals surface area contributed by atoms with Crippen molar-refractivity contribution >= 4 is 54.3 Å². The van der Waals surface area contributed by atoms with Crippen LogP contribution in [0.25, 0.3) is 54.3 Å². The minimum atomic E-state index is 0.988. The average Bonchev–Trinajstić information content (AvgIpc) is 2.92. The van der Waals surface area contributed by atoms with Crippen molar-refractivity contribution in [3.63, 3.8) is 0 Å². The fraction of sp³-hybridized carbons (Fsp3) is 0. The number of hydrogen-bond acceptors (Lipinski definition) is 1. The van der Waals surface area contributed by atoms with Crippen LogP contribution in [0.15, 0.2) is 65.1 Å². The quantitative estimate of drug-likeness (QED) is 0.245. The molecular formula is C20H10O. The molecule has 0 saturated heterocycles. The van der Waals surface area contributed by atoms with Gasteiger partial charge < -0.3 is 4.42 Å². The normalized spacial score (nSPS) is 12.8. The third-order valence-corrected chi connectivity index (χ3v) is 4.77. The van der Waals surface area contributed by atoms with Gasteiger partial charge in [0.15, 0.2) is 0 Å². The highest BCUT2D eigenvalue weighted by atomic mass is 16.3. The van der Waals surface area contributed by atoms with Crippen molar-refractivity contribution in [1.82, 2.24) is 0 Å². The number of fused-ring (bicyclic) bond motifs is 1. The van der Waals surface area contributed by atoms with Crippen LogP contribution in [0.4, 0.5) is 0 Å². The number of furan rings is 1. The third-order valence-electron chi connectivity index (χ3n) is 4.77. The maximum atomic E-state index is 6.08. The Bertz CT molecular complexity index is 1270. The molecule has 0 aliphatic heterocycles. The van der Waals surface area contributed by atoms with E-state index in [0.29, 0.717) is 0 Å². The molecule has 96 valence electrons. The highest BCUT2D eigenvalue weighted by Gasteiger charge is 2.19. The van der Waals surface area contributed by atoms with E-state index in [1.54, 1.807) is 0 Å². The maximum Gasteiger partial charge on any atom is 0.136 e. The summed E-state index contributed by atoms with van der Waals surface area (Å²) in [5, 5.41) is 10.5. The molecule has 0 fully saturated rings. The van der Waals surface area contributed by atoms with Gasteiger partial charge in [-0.15, -0.1) is 0 Å². The van der Waals surface area contributed by atoms with Gasteiger partial charge in [-0.05, 0) is 39.1 Å². The topological polar surface area (TPSA) is 13.1 Å². The van der Waals surface area contributed by atoms with Crippen LogP contribution in [0.2, 0.25) is 0 Å². The molecule has 0 N–H and O–H groups in total. The van der Waals surface area contributed by atoms with E-state index in [1.807, 2.05) is 0 Å². The van der Waals surface area contributed by atoms with Gasteiger partial charge >= 0.3 is 0 Å². The molecule has 1 heteroatoms. The lowest BCUT2D eigenvalue weighted by Gasteiger charge is -2.12. The summed E-state index contributed by atoms with van der Waals surface area (Å²) in [6, 6.07) is 21.6. The summed E-state index contributed by atoms with van der Waals surface area (Å²) in [7, 11) is 0. The van der Waals surface area contributed by atoms with Crippen LogP contribution in [-0.2, 0) is 0 Å². The van der Waals surface area contributed by atoms with Crippen molar-refractivity contribution < 1.29 is 4.42 Å². The summed E-state index contributed by atoms with van der Waals surface area (Å²) in [6.45, 7) is 0. The SMILES string of the molecule is c1cc2ccc3ccc4oc5cccc6c(c1)c2c3c4c56. The van der Waals surface area contributed by atoms with Crippen molar-refractivity contribution in [2.24, 2.45) is 0 Å². The Hall–Kier alpha value is -2.80. The third kappa shape index (κ3) is 0.995. The van der Waals surface area contributed by atoms with Gasteiger partial charge in [-0.3, -0.25) is 0 Å². The van der Waals surface area contributed by atoms with Crippen LogP contribution >= 0.6 is 0 Å². The fourth-order valence-electron chi connectivity index (χ4n) is 3.95. The lowest BCUT2D eigenvalue weighted by molar-refractivity contribution is 0.669. The summed E-state index contributed by atoms with van der Waals surface area (Å²) in [5.74, 6) is 0. The van der Waals surface area contributed by atoms with Crippen molar-refractivity contribution in [2.45, 2.75) is 0 Å². The molecule has 0 aliphatic carbocycles. The number of hydrogen-bond donors (Lipinski definition) is 0. The predicted molar refractivity (Wildman–Crippen MR) is 88.6 cm³/mol. The van der Waals surface area contributed by atoms with Crippen molar-refractivity contribution in [3.05, 3.63) is 60.7 Å². The van der Waals surface area contributed by atoms with Crippen molar-refractivity contribution in [2.75, 3.05) is 0 Å². The van der Waals surface area contributed by atoms with Gasteiger partial charge in [-0.2, -0.15) is 0 Å². The molecule has 0 radical (unpaired) electrons. The molecule has 0 spiro atoms. The Labute approximate surface area is 120 Å². The van der Waals surface area contributed by atoms with E-state index >= 15 is 0 Å². The van der Waals surface area contributed by atoms with Gasteiger partial charge in [-0.1, -0.05) is 48.5 Å². The highest BCUT2D eigenvalue weighted by Crippen LogP contribution is 2.45. The smallest absolute Gasteiger partial charge is 0.136 e. The van der Waals surface area contributed by atoms with Gasteiger partial charge in [0, 0.05) is 16.2 Å². The molecule has 0 aliphatic rings. The zero-order valence-electron chi connectivity index (χ0n) is 11.2. The van der Waals surface area contributed by atoms with Gasteiger partial charge in [0.2, 0.25) is 0 Å².